The van der Waals surface area contributed by atoms with E-state index in [1.807, 2.05) is 54.3 Å². The lowest BCUT2D eigenvalue weighted by Gasteiger charge is -2.36. The highest BCUT2D eigenvalue weighted by Crippen LogP contribution is 2.23. The van der Waals surface area contributed by atoms with Crippen LogP contribution in [0.15, 0.2) is 48.5 Å². The summed E-state index contributed by atoms with van der Waals surface area (Å²) in [5.41, 5.74) is 3.30. The van der Waals surface area contributed by atoms with Gasteiger partial charge in [0.1, 0.15) is 0 Å². The SMILES string of the molecule is CCOC(=O)c1ccccc1N1CCN(C(=O)c2ccc(C)cc2)CC1. The van der Waals surface area contributed by atoms with E-state index in [4.69, 9.17) is 4.74 Å². The van der Waals surface area contributed by atoms with Crippen molar-refractivity contribution in [2.24, 2.45) is 0 Å². The second-order valence-electron chi connectivity index (χ2n) is 6.38. The second-order valence-corrected chi connectivity index (χ2v) is 6.38. The van der Waals surface area contributed by atoms with E-state index >= 15 is 0 Å². The predicted molar refractivity (Wildman–Crippen MR) is 102 cm³/mol. The van der Waals surface area contributed by atoms with Crippen LogP contribution in [0, 0.1) is 6.92 Å². The number of carbonyl (C=O) groups excluding carboxylic acids is 2. The highest BCUT2D eigenvalue weighted by atomic mass is 16.5. The summed E-state index contributed by atoms with van der Waals surface area (Å²) in [4.78, 5) is 28.8. The fourth-order valence-corrected chi connectivity index (χ4v) is 3.16. The monoisotopic (exact) mass is 352 g/mol. The van der Waals surface area contributed by atoms with Crippen molar-refractivity contribution in [2.75, 3.05) is 37.7 Å². The predicted octanol–water partition coefficient (Wildman–Crippen LogP) is 3.13. The zero-order valence-electron chi connectivity index (χ0n) is 15.3. The van der Waals surface area contributed by atoms with Crippen LogP contribution in [-0.2, 0) is 4.74 Å². The van der Waals surface area contributed by atoms with Gasteiger partial charge in [0.05, 0.1) is 17.9 Å². The van der Waals surface area contributed by atoms with Crippen molar-refractivity contribution < 1.29 is 14.3 Å². The number of carbonyl (C=O) groups is 2. The molecule has 0 N–H and O–H groups in total. The molecule has 0 radical (unpaired) electrons. The van der Waals surface area contributed by atoms with Crippen LogP contribution in [-0.4, -0.2) is 49.6 Å². The van der Waals surface area contributed by atoms with E-state index in [-0.39, 0.29) is 11.9 Å². The maximum absolute atomic E-state index is 12.6. The molecule has 0 aromatic heterocycles. The van der Waals surface area contributed by atoms with Gasteiger partial charge < -0.3 is 14.5 Å². The van der Waals surface area contributed by atoms with Crippen molar-refractivity contribution in [1.29, 1.82) is 0 Å². The van der Waals surface area contributed by atoms with Gasteiger partial charge in [0.15, 0.2) is 0 Å². The molecule has 26 heavy (non-hydrogen) atoms. The van der Waals surface area contributed by atoms with Crippen LogP contribution in [0.5, 0.6) is 0 Å². The third kappa shape index (κ3) is 3.87. The van der Waals surface area contributed by atoms with Crippen LogP contribution in [0.25, 0.3) is 0 Å². The Bertz CT molecular complexity index is 778. The highest BCUT2D eigenvalue weighted by molar-refractivity contribution is 5.96. The Balaban J connectivity index is 1.68. The van der Waals surface area contributed by atoms with Crippen LogP contribution in [0.2, 0.25) is 0 Å². The highest BCUT2D eigenvalue weighted by Gasteiger charge is 2.24. The first-order valence-corrected chi connectivity index (χ1v) is 8.97. The zero-order valence-corrected chi connectivity index (χ0v) is 15.3. The van der Waals surface area contributed by atoms with E-state index in [0.29, 0.717) is 38.3 Å². The summed E-state index contributed by atoms with van der Waals surface area (Å²) < 4.78 is 5.16. The van der Waals surface area contributed by atoms with Crippen LogP contribution in [0.1, 0.15) is 33.2 Å². The minimum Gasteiger partial charge on any atom is -0.462 e. The van der Waals surface area contributed by atoms with Gasteiger partial charge in [-0.3, -0.25) is 4.79 Å². The van der Waals surface area contributed by atoms with Crippen molar-refractivity contribution in [2.45, 2.75) is 13.8 Å². The Hall–Kier alpha value is -2.82. The minimum atomic E-state index is -0.304. The molecule has 5 nitrogen and oxygen atoms in total. The van der Waals surface area contributed by atoms with Crippen LogP contribution in [0.3, 0.4) is 0 Å². The lowest BCUT2D eigenvalue weighted by atomic mass is 10.1. The van der Waals surface area contributed by atoms with E-state index in [2.05, 4.69) is 4.90 Å². The number of hydrogen-bond acceptors (Lipinski definition) is 4. The van der Waals surface area contributed by atoms with E-state index in [1.165, 1.54) is 0 Å². The maximum atomic E-state index is 12.6. The van der Waals surface area contributed by atoms with Crippen LogP contribution < -0.4 is 4.90 Å². The van der Waals surface area contributed by atoms with Gasteiger partial charge in [-0.2, -0.15) is 0 Å². The first-order valence-electron chi connectivity index (χ1n) is 8.97. The molecule has 136 valence electrons. The van der Waals surface area contributed by atoms with E-state index in [9.17, 15) is 9.59 Å². The number of benzene rings is 2. The van der Waals surface area contributed by atoms with Gasteiger partial charge in [-0.05, 0) is 38.1 Å². The molecule has 1 aliphatic rings. The van der Waals surface area contributed by atoms with Gasteiger partial charge in [0.25, 0.3) is 5.91 Å². The minimum absolute atomic E-state index is 0.0586. The first-order chi connectivity index (χ1) is 12.6. The largest absolute Gasteiger partial charge is 0.462 e. The molecule has 0 bridgehead atoms. The third-order valence-corrected chi connectivity index (χ3v) is 4.61. The molecule has 1 fully saturated rings. The molecule has 0 atom stereocenters. The fraction of sp³-hybridized carbons (Fsp3) is 0.333. The molecule has 2 aromatic carbocycles. The van der Waals surface area contributed by atoms with E-state index < -0.39 is 0 Å². The summed E-state index contributed by atoms with van der Waals surface area (Å²) in [6, 6.07) is 15.1. The van der Waals surface area contributed by atoms with Gasteiger partial charge >= 0.3 is 5.97 Å². The Morgan fingerprint density at radius 1 is 0.962 bits per heavy atom. The zero-order chi connectivity index (χ0) is 18.5. The number of aryl methyl sites for hydroxylation is 1. The molecule has 0 unspecified atom stereocenters. The van der Waals surface area contributed by atoms with Gasteiger partial charge in [0, 0.05) is 31.7 Å². The van der Waals surface area contributed by atoms with E-state index in [0.717, 1.165) is 16.8 Å². The number of amides is 1. The molecule has 0 spiro atoms. The Morgan fingerprint density at radius 3 is 2.27 bits per heavy atom. The summed E-state index contributed by atoms with van der Waals surface area (Å²) in [5, 5.41) is 0. The Morgan fingerprint density at radius 2 is 1.62 bits per heavy atom. The molecule has 5 heteroatoms. The number of piperazine rings is 1. The Kier molecular flexibility index (Phi) is 5.56. The molecule has 2 aromatic rings. The van der Waals surface area contributed by atoms with Crippen molar-refractivity contribution in [3.63, 3.8) is 0 Å². The third-order valence-electron chi connectivity index (χ3n) is 4.61. The lowest BCUT2D eigenvalue weighted by Crippen LogP contribution is -2.49. The van der Waals surface area contributed by atoms with Crippen molar-refractivity contribution in [3.05, 3.63) is 65.2 Å². The molecule has 1 aliphatic heterocycles. The summed E-state index contributed by atoms with van der Waals surface area (Å²) in [6.07, 6.45) is 0. The number of anilines is 1. The summed E-state index contributed by atoms with van der Waals surface area (Å²) in [7, 11) is 0. The molecular weight excluding hydrogens is 328 g/mol. The Labute approximate surface area is 154 Å². The quantitative estimate of drug-likeness (QED) is 0.793. The number of hydrogen-bond donors (Lipinski definition) is 0. The molecule has 1 amide bonds. The molecule has 0 aliphatic carbocycles. The van der Waals surface area contributed by atoms with Crippen molar-refractivity contribution >= 4 is 17.6 Å². The van der Waals surface area contributed by atoms with Crippen molar-refractivity contribution in [1.82, 2.24) is 4.90 Å². The fourth-order valence-electron chi connectivity index (χ4n) is 3.16. The van der Waals surface area contributed by atoms with Crippen LogP contribution in [0.4, 0.5) is 5.69 Å². The standard InChI is InChI=1S/C21H24N2O3/c1-3-26-21(25)18-6-4-5-7-19(18)22-12-14-23(15-13-22)20(24)17-10-8-16(2)9-11-17/h4-11H,3,12-15H2,1-2H3. The number of para-hydroxylation sites is 1. The maximum Gasteiger partial charge on any atom is 0.340 e. The van der Waals surface area contributed by atoms with Gasteiger partial charge in [0.2, 0.25) is 0 Å². The summed E-state index contributed by atoms with van der Waals surface area (Å²) >= 11 is 0. The number of nitrogens with zero attached hydrogens (tertiary/aromatic N) is 2. The number of ether oxygens (including phenoxy) is 1. The normalized spacial score (nSPS) is 14.2. The van der Waals surface area contributed by atoms with Gasteiger partial charge in [-0.1, -0.05) is 29.8 Å². The molecular formula is C21H24N2O3. The van der Waals surface area contributed by atoms with Crippen molar-refractivity contribution in [3.8, 4) is 0 Å². The molecule has 3 rings (SSSR count). The van der Waals surface area contributed by atoms with Gasteiger partial charge in [-0.25, -0.2) is 4.79 Å². The number of esters is 1. The lowest BCUT2D eigenvalue weighted by molar-refractivity contribution is 0.0526. The first kappa shape index (κ1) is 18.0. The smallest absolute Gasteiger partial charge is 0.340 e. The number of rotatable bonds is 4. The topological polar surface area (TPSA) is 49.9 Å². The van der Waals surface area contributed by atoms with Gasteiger partial charge in [-0.15, -0.1) is 0 Å². The van der Waals surface area contributed by atoms with Crippen LogP contribution >= 0.6 is 0 Å². The summed E-state index contributed by atoms with van der Waals surface area (Å²) in [6.45, 7) is 6.80. The second kappa shape index (κ2) is 8.04. The molecule has 1 heterocycles. The molecule has 0 saturated carbocycles. The summed E-state index contributed by atoms with van der Waals surface area (Å²) in [5.74, 6) is -0.246. The average Bonchev–Trinajstić information content (AvgIpc) is 2.68. The average molecular weight is 352 g/mol. The molecule has 1 saturated heterocycles. The van der Waals surface area contributed by atoms with E-state index in [1.54, 1.807) is 13.0 Å².